The minimum Gasteiger partial charge on any atom is -0.324 e. The molecule has 86 valence electrons. The van der Waals surface area contributed by atoms with Crippen molar-refractivity contribution >= 4 is 0 Å². The van der Waals surface area contributed by atoms with Gasteiger partial charge in [0.1, 0.15) is 11.6 Å². The SMILES string of the molecule is NC1(Cc2cc(F)cc(F)c2)C2CCCC21. The molecule has 2 unspecified atom stereocenters. The number of fused-ring (bicyclic) bond motifs is 1. The van der Waals surface area contributed by atoms with Gasteiger partial charge >= 0.3 is 0 Å². The summed E-state index contributed by atoms with van der Waals surface area (Å²) in [7, 11) is 0. The van der Waals surface area contributed by atoms with Gasteiger partial charge in [0.15, 0.2) is 0 Å². The van der Waals surface area contributed by atoms with E-state index in [0.717, 1.165) is 6.07 Å². The average Bonchev–Trinajstić information content (AvgIpc) is 2.62. The molecule has 0 radical (unpaired) electrons. The van der Waals surface area contributed by atoms with Crippen molar-refractivity contribution in [2.24, 2.45) is 17.6 Å². The molecule has 0 heterocycles. The van der Waals surface area contributed by atoms with Crippen molar-refractivity contribution in [3.8, 4) is 0 Å². The first-order valence-corrected chi connectivity index (χ1v) is 5.83. The van der Waals surface area contributed by atoms with Crippen LogP contribution in [0.2, 0.25) is 0 Å². The Bertz CT molecular complexity index is 400. The topological polar surface area (TPSA) is 26.0 Å². The number of rotatable bonds is 2. The maximum absolute atomic E-state index is 13.0. The molecule has 0 spiro atoms. The van der Waals surface area contributed by atoms with Gasteiger partial charge in [0.2, 0.25) is 0 Å². The van der Waals surface area contributed by atoms with Crippen LogP contribution in [0.15, 0.2) is 18.2 Å². The van der Waals surface area contributed by atoms with E-state index < -0.39 is 11.6 Å². The summed E-state index contributed by atoms with van der Waals surface area (Å²) in [6.07, 6.45) is 4.22. The fourth-order valence-corrected chi connectivity index (χ4v) is 3.46. The Morgan fingerprint density at radius 2 is 1.69 bits per heavy atom. The lowest BCUT2D eigenvalue weighted by Gasteiger charge is -2.15. The van der Waals surface area contributed by atoms with Crippen molar-refractivity contribution in [2.75, 3.05) is 0 Å². The molecule has 2 saturated carbocycles. The second-order valence-corrected chi connectivity index (χ2v) is 5.21. The third-order valence-electron chi connectivity index (χ3n) is 4.22. The third kappa shape index (κ3) is 1.46. The molecule has 2 atom stereocenters. The molecule has 2 N–H and O–H groups in total. The highest BCUT2D eigenvalue weighted by molar-refractivity contribution is 5.28. The molecule has 1 aromatic rings. The minimum atomic E-state index is -0.510. The highest BCUT2D eigenvalue weighted by atomic mass is 19.1. The second-order valence-electron chi connectivity index (χ2n) is 5.21. The summed E-state index contributed by atoms with van der Waals surface area (Å²) in [5.41, 5.74) is 6.79. The van der Waals surface area contributed by atoms with Gasteiger partial charge in [-0.1, -0.05) is 6.42 Å². The van der Waals surface area contributed by atoms with Crippen LogP contribution in [-0.2, 0) is 6.42 Å². The van der Waals surface area contributed by atoms with Crippen molar-refractivity contribution in [3.05, 3.63) is 35.4 Å². The molecule has 1 aromatic carbocycles. The van der Waals surface area contributed by atoms with Gasteiger partial charge in [-0.15, -0.1) is 0 Å². The van der Waals surface area contributed by atoms with Crippen LogP contribution < -0.4 is 5.73 Å². The van der Waals surface area contributed by atoms with E-state index >= 15 is 0 Å². The average molecular weight is 223 g/mol. The zero-order chi connectivity index (χ0) is 11.3. The number of hydrogen-bond donors (Lipinski definition) is 1. The second kappa shape index (κ2) is 3.27. The third-order valence-corrected chi connectivity index (χ3v) is 4.22. The van der Waals surface area contributed by atoms with E-state index in [1.807, 2.05) is 0 Å². The lowest BCUT2D eigenvalue weighted by molar-refractivity contribution is 0.497. The standard InChI is InChI=1S/C13H15F2N/c14-9-4-8(5-10(15)6-9)7-13(16)11-2-1-3-12(11)13/h4-6,11-12H,1-3,7,16H2. The molecule has 2 aliphatic rings. The summed E-state index contributed by atoms with van der Waals surface area (Å²) in [4.78, 5) is 0. The quantitative estimate of drug-likeness (QED) is 0.819. The van der Waals surface area contributed by atoms with Gasteiger partial charge in [0.05, 0.1) is 0 Å². The van der Waals surface area contributed by atoms with Gasteiger partial charge in [-0.25, -0.2) is 8.78 Å². The van der Waals surface area contributed by atoms with E-state index in [1.54, 1.807) is 0 Å². The predicted octanol–water partition coefficient (Wildman–Crippen LogP) is 2.63. The number of halogens is 2. The molecule has 0 aliphatic heterocycles. The molecule has 0 amide bonds. The van der Waals surface area contributed by atoms with Gasteiger partial charge in [-0.3, -0.25) is 0 Å². The van der Waals surface area contributed by atoms with Crippen LogP contribution in [0, 0.1) is 23.5 Å². The van der Waals surface area contributed by atoms with E-state index in [4.69, 9.17) is 5.73 Å². The molecule has 16 heavy (non-hydrogen) atoms. The van der Waals surface area contributed by atoms with Gasteiger partial charge in [-0.2, -0.15) is 0 Å². The van der Waals surface area contributed by atoms with E-state index in [9.17, 15) is 8.78 Å². The summed E-state index contributed by atoms with van der Waals surface area (Å²) < 4.78 is 26.1. The van der Waals surface area contributed by atoms with Gasteiger partial charge < -0.3 is 5.73 Å². The van der Waals surface area contributed by atoms with Crippen molar-refractivity contribution in [1.29, 1.82) is 0 Å². The van der Waals surface area contributed by atoms with Crippen LogP contribution in [0.25, 0.3) is 0 Å². The molecule has 3 rings (SSSR count). The maximum Gasteiger partial charge on any atom is 0.126 e. The molecule has 2 aliphatic carbocycles. The molecule has 0 bridgehead atoms. The van der Waals surface area contributed by atoms with E-state index in [-0.39, 0.29) is 5.54 Å². The maximum atomic E-state index is 13.0. The van der Waals surface area contributed by atoms with Crippen molar-refractivity contribution < 1.29 is 8.78 Å². The predicted molar refractivity (Wildman–Crippen MR) is 57.8 cm³/mol. The Hall–Kier alpha value is -0.960. The Labute approximate surface area is 93.6 Å². The van der Waals surface area contributed by atoms with Crippen LogP contribution in [0.4, 0.5) is 8.78 Å². The van der Waals surface area contributed by atoms with Crippen LogP contribution >= 0.6 is 0 Å². The lowest BCUT2D eigenvalue weighted by Crippen LogP contribution is -2.31. The van der Waals surface area contributed by atoms with Crippen molar-refractivity contribution in [1.82, 2.24) is 0 Å². The largest absolute Gasteiger partial charge is 0.324 e. The summed E-state index contributed by atoms with van der Waals surface area (Å²) in [5, 5.41) is 0. The van der Waals surface area contributed by atoms with Crippen LogP contribution in [0.3, 0.4) is 0 Å². The molecule has 1 nitrogen and oxygen atoms in total. The molecule has 3 heteroatoms. The van der Waals surface area contributed by atoms with Crippen molar-refractivity contribution in [3.63, 3.8) is 0 Å². The number of hydrogen-bond acceptors (Lipinski definition) is 1. The summed E-state index contributed by atoms with van der Waals surface area (Å²) in [6.45, 7) is 0. The summed E-state index contributed by atoms with van der Waals surface area (Å²) >= 11 is 0. The van der Waals surface area contributed by atoms with E-state index in [0.29, 0.717) is 23.8 Å². The van der Waals surface area contributed by atoms with Gasteiger partial charge in [-0.05, 0) is 48.8 Å². The minimum absolute atomic E-state index is 0.182. The summed E-state index contributed by atoms with van der Waals surface area (Å²) in [5.74, 6) is 0.145. The number of nitrogens with two attached hydrogens (primary N) is 1. The highest BCUT2D eigenvalue weighted by Gasteiger charge is 2.63. The van der Waals surface area contributed by atoms with Crippen LogP contribution in [-0.4, -0.2) is 5.54 Å². The fraction of sp³-hybridized carbons (Fsp3) is 0.538. The first-order chi connectivity index (χ1) is 7.59. The van der Waals surface area contributed by atoms with Gasteiger partial charge in [0, 0.05) is 11.6 Å². The Morgan fingerprint density at radius 3 is 2.25 bits per heavy atom. The Kier molecular flexibility index (Phi) is 2.08. The van der Waals surface area contributed by atoms with E-state index in [2.05, 4.69) is 0 Å². The highest BCUT2D eigenvalue weighted by Crippen LogP contribution is 2.60. The fourth-order valence-electron chi connectivity index (χ4n) is 3.46. The van der Waals surface area contributed by atoms with Crippen LogP contribution in [0.1, 0.15) is 24.8 Å². The molecular formula is C13H15F2N. The molecule has 2 fully saturated rings. The lowest BCUT2D eigenvalue weighted by atomic mass is 9.97. The molecular weight excluding hydrogens is 208 g/mol. The first-order valence-electron chi connectivity index (χ1n) is 5.83. The van der Waals surface area contributed by atoms with Crippen LogP contribution in [0.5, 0.6) is 0 Å². The smallest absolute Gasteiger partial charge is 0.126 e. The molecule has 0 aromatic heterocycles. The Balaban J connectivity index is 1.80. The zero-order valence-corrected chi connectivity index (χ0v) is 9.05. The summed E-state index contributed by atoms with van der Waals surface area (Å²) in [6, 6.07) is 3.69. The normalized spacial score (nSPS) is 36.2. The van der Waals surface area contributed by atoms with Crippen molar-refractivity contribution in [2.45, 2.75) is 31.2 Å². The van der Waals surface area contributed by atoms with E-state index in [1.165, 1.54) is 31.4 Å². The monoisotopic (exact) mass is 223 g/mol. The molecule has 0 saturated heterocycles. The first kappa shape index (κ1) is 10.2. The number of benzene rings is 1. The Morgan fingerprint density at radius 1 is 1.12 bits per heavy atom. The zero-order valence-electron chi connectivity index (χ0n) is 9.05. The van der Waals surface area contributed by atoms with Gasteiger partial charge in [0.25, 0.3) is 0 Å².